The first-order chi connectivity index (χ1) is 7.88. The summed E-state index contributed by atoms with van der Waals surface area (Å²) in [4.78, 5) is 0. The highest BCUT2D eigenvalue weighted by Gasteiger charge is 2.46. The topological polar surface area (TPSA) is 12.0 Å². The van der Waals surface area contributed by atoms with Gasteiger partial charge in [0.05, 0.1) is 52.3 Å². The lowest BCUT2D eigenvalue weighted by atomic mass is 9.97. The zero-order chi connectivity index (χ0) is 13.6. The molecule has 1 saturated carbocycles. The molecule has 1 aliphatic rings. The number of rotatable bonds is 2. The highest BCUT2D eigenvalue weighted by Crippen LogP contribution is 2.39. The number of hydrogen-bond acceptors (Lipinski definition) is 1. The molecule has 0 radical (unpaired) electrons. The Bertz CT molecular complexity index is 152. The molecule has 17 heavy (non-hydrogen) atoms. The van der Waals surface area contributed by atoms with Crippen molar-refractivity contribution < 1.29 is 0 Å². The Balaban J connectivity index is 0.000000437. The summed E-state index contributed by atoms with van der Waals surface area (Å²) in [5.41, 5.74) is 0. The molecule has 1 N–H and O–H groups in total. The summed E-state index contributed by atoms with van der Waals surface area (Å²) in [6.07, 6.45) is 0. The lowest BCUT2D eigenvalue weighted by Gasteiger charge is -2.37. The van der Waals surface area contributed by atoms with Gasteiger partial charge in [-0.25, -0.2) is 0 Å². The molecule has 0 aromatic carbocycles. The summed E-state index contributed by atoms with van der Waals surface area (Å²) in [7, 11) is 1.45. The van der Waals surface area contributed by atoms with Crippen LogP contribution in [0.4, 0.5) is 0 Å². The van der Waals surface area contributed by atoms with Gasteiger partial charge < -0.3 is 4.65 Å². The van der Waals surface area contributed by atoms with Gasteiger partial charge >= 0.3 is 0 Å². The van der Waals surface area contributed by atoms with E-state index >= 15 is 0 Å². The van der Waals surface area contributed by atoms with Gasteiger partial charge in [0.1, 0.15) is 0 Å². The summed E-state index contributed by atoms with van der Waals surface area (Å²) >= 11 is 35.3. The fraction of sp³-hybridized carbons (Fsp3) is 1.00. The molecule has 0 saturated heterocycles. The third-order valence-corrected chi connectivity index (χ3v) is 8.86. The van der Waals surface area contributed by atoms with Crippen LogP contribution < -0.4 is 4.65 Å². The van der Waals surface area contributed by atoms with Gasteiger partial charge in [0.15, 0.2) is 0 Å². The summed E-state index contributed by atoms with van der Waals surface area (Å²) in [5, 5.41) is -2.62. The van der Waals surface area contributed by atoms with E-state index in [1.807, 2.05) is 0 Å². The number of nitrogens with one attached hydrogen (secondary N) is 1. The first-order valence-electron chi connectivity index (χ1n) is 5.37. The van der Waals surface area contributed by atoms with Gasteiger partial charge in [-0.15, -0.1) is 69.6 Å². The van der Waals surface area contributed by atoms with Crippen molar-refractivity contribution in [3.63, 3.8) is 0 Å². The summed E-state index contributed by atoms with van der Waals surface area (Å²) < 4.78 is 3.30. The quantitative estimate of drug-likeness (QED) is 0.557. The van der Waals surface area contributed by atoms with Crippen molar-refractivity contribution in [3.05, 3.63) is 0 Å². The molecule has 0 aromatic heterocycles. The molecule has 0 aromatic rings. The van der Waals surface area contributed by atoms with Gasteiger partial charge in [0, 0.05) is 0 Å². The second-order valence-corrected chi connectivity index (χ2v) is 11.1. The van der Waals surface area contributed by atoms with Gasteiger partial charge in [-0.05, 0) is 0 Å². The first-order valence-corrected chi connectivity index (χ1v) is 10.7. The molecule has 1 nitrogen and oxygen atoms in total. The minimum absolute atomic E-state index is 0.244. The highest BCUT2D eigenvalue weighted by molar-refractivity contribution is 6.45. The van der Waals surface area contributed by atoms with Crippen molar-refractivity contribution in [3.8, 4) is 0 Å². The highest BCUT2D eigenvalue weighted by atomic mass is 35.5. The second-order valence-electron chi connectivity index (χ2n) is 3.77. The van der Waals surface area contributed by atoms with Gasteiger partial charge in [-0.3, -0.25) is 0 Å². The zero-order valence-corrected chi connectivity index (χ0v) is 17.6. The van der Waals surface area contributed by atoms with E-state index in [4.69, 9.17) is 69.6 Å². The van der Waals surface area contributed by atoms with Crippen molar-refractivity contribution >= 4 is 89.7 Å². The Labute approximate surface area is 139 Å². The van der Waals surface area contributed by atoms with E-state index in [2.05, 4.69) is 11.6 Å². The molecule has 0 unspecified atom stereocenters. The monoisotopic (exact) mass is 393 g/mol. The molecule has 0 atom stereocenters. The molecule has 0 aliphatic heterocycles. The number of alkyl halides is 6. The van der Waals surface area contributed by atoms with Crippen LogP contribution in [0.15, 0.2) is 0 Å². The van der Waals surface area contributed by atoms with Crippen molar-refractivity contribution in [2.24, 2.45) is 0 Å². The molecule has 1 fully saturated rings. The lowest BCUT2D eigenvalue weighted by Crippen LogP contribution is -2.52. The van der Waals surface area contributed by atoms with Crippen molar-refractivity contribution in [1.29, 1.82) is 0 Å². The average molecular weight is 396 g/mol. The van der Waals surface area contributed by atoms with Crippen LogP contribution in [0, 0.1) is 0 Å². The fourth-order valence-corrected chi connectivity index (χ4v) is 5.63. The van der Waals surface area contributed by atoms with Gasteiger partial charge in [0.25, 0.3) is 0 Å². The van der Waals surface area contributed by atoms with Gasteiger partial charge in [-0.2, -0.15) is 0 Å². The lowest BCUT2D eigenvalue weighted by molar-refractivity contribution is 0.544. The van der Waals surface area contributed by atoms with E-state index < -0.39 is 32.3 Å². The Morgan fingerprint density at radius 1 is 0.824 bits per heavy atom. The smallest absolute Gasteiger partial charge is 0.0840 e. The zero-order valence-electron chi connectivity index (χ0n) is 9.65. The molecule has 0 heterocycles. The summed E-state index contributed by atoms with van der Waals surface area (Å²) in [6, 6.07) is 1.41. The van der Waals surface area contributed by atoms with E-state index in [-0.39, 0.29) is 9.68 Å². The molecule has 104 valence electrons. The molecular weight excluding hydrogens is 379 g/mol. The third-order valence-electron chi connectivity index (χ3n) is 2.33. The molecule has 0 amide bonds. The molecule has 0 spiro atoms. The molecule has 9 heteroatoms. The van der Waals surface area contributed by atoms with E-state index in [9.17, 15) is 0 Å². The predicted molar refractivity (Wildman–Crippen MR) is 89.9 cm³/mol. The fourth-order valence-electron chi connectivity index (χ4n) is 1.30. The summed E-state index contributed by atoms with van der Waals surface area (Å²) in [6.45, 7) is 2.23. The third kappa shape index (κ3) is 5.96. The van der Waals surface area contributed by atoms with E-state index in [0.717, 1.165) is 0 Å². The maximum Gasteiger partial charge on any atom is 0.0840 e. The van der Waals surface area contributed by atoms with Crippen molar-refractivity contribution in [2.45, 2.75) is 45.2 Å². The van der Waals surface area contributed by atoms with Gasteiger partial charge in [-0.1, -0.05) is 13.0 Å². The maximum absolute atomic E-state index is 5.88. The van der Waals surface area contributed by atoms with Crippen LogP contribution in [0.25, 0.3) is 0 Å². The van der Waals surface area contributed by atoms with Crippen molar-refractivity contribution in [2.75, 3.05) is 0 Å². The van der Waals surface area contributed by atoms with Crippen LogP contribution in [0.2, 0.25) is 6.04 Å². The van der Waals surface area contributed by atoms with Crippen molar-refractivity contribution in [1.82, 2.24) is 4.65 Å². The largest absolute Gasteiger partial charge is 0.372 e. The normalized spacial score (nSPS) is 42.5. The molecule has 0 bridgehead atoms. The van der Waals surface area contributed by atoms with E-state index in [1.165, 1.54) is 16.4 Å². The van der Waals surface area contributed by atoms with Crippen LogP contribution in [0.5, 0.6) is 0 Å². The second kappa shape index (κ2) is 9.95. The van der Waals surface area contributed by atoms with Crippen LogP contribution in [-0.2, 0) is 0 Å². The van der Waals surface area contributed by atoms with Crippen LogP contribution in [-0.4, -0.2) is 52.3 Å². The van der Waals surface area contributed by atoms with E-state index in [0.29, 0.717) is 0 Å². The van der Waals surface area contributed by atoms with Crippen LogP contribution in [0.1, 0.15) is 6.92 Å². The minimum Gasteiger partial charge on any atom is -0.372 e. The predicted octanol–water partition coefficient (Wildman–Crippen LogP) is 2.02. The Kier molecular flexibility index (Phi) is 11.2. The molecule has 1 aliphatic carbocycles. The van der Waals surface area contributed by atoms with Crippen LogP contribution >= 0.6 is 69.6 Å². The first kappa shape index (κ1) is 19.1. The Hall–Kier alpha value is 2.13. The Morgan fingerprint density at radius 2 is 1.06 bits per heavy atom. The Morgan fingerprint density at radius 3 is 1.12 bits per heavy atom. The molecule has 1 rings (SSSR count). The maximum atomic E-state index is 5.88. The summed E-state index contributed by atoms with van der Waals surface area (Å²) in [5.74, 6) is 0. The van der Waals surface area contributed by atoms with E-state index in [1.54, 1.807) is 0 Å². The average Bonchev–Trinajstić information content (AvgIpc) is 2.33. The number of hydrogen-bond donors (Lipinski definition) is 1. The minimum atomic E-state index is -0.437. The standard InChI is InChI=1S/C6H6Cl6.C2H11NSi2/c7-1-2(8)4(10)6(12)5(11)3(1)9;1-2-5-3-4/h1-6H;3H,2,5H2,1,4H3. The van der Waals surface area contributed by atoms with Crippen LogP contribution in [0.3, 0.4) is 0 Å². The number of halogens is 6. The molecular formula is C8H17Cl6NSi2. The SMILES string of the molecule is CC[SiH2]N[SiH3].ClC1C(Cl)C(Cl)C(Cl)C(Cl)C1Cl. The van der Waals surface area contributed by atoms with Gasteiger partial charge in [0.2, 0.25) is 0 Å².